The SMILES string of the molecule is Cc1cccc(O[C@@H](C)C(=O)NNC(=S)Nc2ccc(C(C)C)cc2)c1C. The lowest BCUT2D eigenvalue weighted by molar-refractivity contribution is -0.127. The number of ether oxygens (including phenoxy) is 1. The van der Waals surface area contributed by atoms with Gasteiger partial charge < -0.3 is 10.1 Å². The van der Waals surface area contributed by atoms with Crippen molar-refractivity contribution >= 4 is 28.9 Å². The van der Waals surface area contributed by atoms with Crippen LogP contribution in [-0.2, 0) is 4.79 Å². The van der Waals surface area contributed by atoms with Crippen LogP contribution < -0.4 is 20.9 Å². The second kappa shape index (κ2) is 9.37. The molecule has 0 aliphatic carbocycles. The molecule has 0 heterocycles. The molecule has 0 unspecified atom stereocenters. The third-order valence-corrected chi connectivity index (χ3v) is 4.57. The van der Waals surface area contributed by atoms with Gasteiger partial charge in [0.25, 0.3) is 5.91 Å². The minimum absolute atomic E-state index is 0.305. The molecular weight excluding hydrogens is 358 g/mol. The largest absolute Gasteiger partial charge is 0.481 e. The summed E-state index contributed by atoms with van der Waals surface area (Å²) in [5, 5.41) is 3.34. The van der Waals surface area contributed by atoms with Crippen LogP contribution in [0.3, 0.4) is 0 Å². The van der Waals surface area contributed by atoms with E-state index < -0.39 is 6.10 Å². The summed E-state index contributed by atoms with van der Waals surface area (Å²) in [4.78, 5) is 12.2. The Bertz CT molecular complexity index is 804. The summed E-state index contributed by atoms with van der Waals surface area (Å²) in [6, 6.07) is 13.8. The van der Waals surface area contributed by atoms with Crippen molar-refractivity contribution in [2.75, 3.05) is 5.32 Å². The van der Waals surface area contributed by atoms with E-state index in [-0.39, 0.29) is 5.91 Å². The normalized spacial score (nSPS) is 11.6. The van der Waals surface area contributed by atoms with Gasteiger partial charge in [0, 0.05) is 5.69 Å². The van der Waals surface area contributed by atoms with Crippen LogP contribution in [0.15, 0.2) is 42.5 Å². The van der Waals surface area contributed by atoms with E-state index in [1.165, 1.54) is 5.56 Å². The molecule has 144 valence electrons. The molecule has 5 nitrogen and oxygen atoms in total. The third-order valence-electron chi connectivity index (χ3n) is 4.36. The van der Waals surface area contributed by atoms with Crippen LogP contribution in [0.5, 0.6) is 5.75 Å². The molecule has 0 fully saturated rings. The van der Waals surface area contributed by atoms with Crippen LogP contribution in [0.4, 0.5) is 5.69 Å². The number of rotatable bonds is 5. The average Bonchev–Trinajstić information content (AvgIpc) is 2.63. The predicted molar refractivity (Wildman–Crippen MR) is 114 cm³/mol. The van der Waals surface area contributed by atoms with Gasteiger partial charge in [0.2, 0.25) is 0 Å². The quantitative estimate of drug-likeness (QED) is 0.532. The molecule has 0 saturated heterocycles. The van der Waals surface area contributed by atoms with E-state index in [1.807, 2.05) is 56.3 Å². The first-order valence-electron chi connectivity index (χ1n) is 8.97. The van der Waals surface area contributed by atoms with Crippen molar-refractivity contribution in [3.63, 3.8) is 0 Å². The van der Waals surface area contributed by atoms with Crippen molar-refractivity contribution in [3.05, 3.63) is 59.2 Å². The Balaban J connectivity index is 1.83. The third kappa shape index (κ3) is 5.96. The molecule has 27 heavy (non-hydrogen) atoms. The Kier molecular flexibility index (Phi) is 7.19. The molecule has 2 aromatic rings. The predicted octanol–water partition coefficient (Wildman–Crippen LogP) is 4.21. The van der Waals surface area contributed by atoms with Crippen LogP contribution >= 0.6 is 12.2 Å². The molecule has 0 spiro atoms. The highest BCUT2D eigenvalue weighted by Crippen LogP contribution is 2.21. The summed E-state index contributed by atoms with van der Waals surface area (Å²) >= 11 is 5.22. The Morgan fingerprint density at radius 2 is 1.67 bits per heavy atom. The highest BCUT2D eigenvalue weighted by atomic mass is 32.1. The zero-order valence-electron chi connectivity index (χ0n) is 16.4. The number of amides is 1. The highest BCUT2D eigenvalue weighted by molar-refractivity contribution is 7.80. The van der Waals surface area contributed by atoms with Crippen molar-refractivity contribution in [2.45, 2.75) is 46.6 Å². The van der Waals surface area contributed by atoms with Gasteiger partial charge in [0.05, 0.1) is 0 Å². The van der Waals surface area contributed by atoms with E-state index in [0.717, 1.165) is 16.8 Å². The van der Waals surface area contributed by atoms with E-state index in [4.69, 9.17) is 17.0 Å². The minimum atomic E-state index is -0.661. The lowest BCUT2D eigenvalue weighted by atomic mass is 10.0. The number of carbonyl (C=O) groups is 1. The number of hydrogen-bond acceptors (Lipinski definition) is 3. The van der Waals surface area contributed by atoms with Crippen molar-refractivity contribution in [1.29, 1.82) is 0 Å². The zero-order chi connectivity index (χ0) is 20.0. The van der Waals surface area contributed by atoms with Gasteiger partial charge in [-0.15, -0.1) is 0 Å². The monoisotopic (exact) mass is 385 g/mol. The lowest BCUT2D eigenvalue weighted by Gasteiger charge is -2.18. The Morgan fingerprint density at radius 3 is 2.30 bits per heavy atom. The van der Waals surface area contributed by atoms with Crippen molar-refractivity contribution in [3.8, 4) is 5.75 Å². The smallest absolute Gasteiger partial charge is 0.279 e. The Hall–Kier alpha value is -2.60. The summed E-state index contributed by atoms with van der Waals surface area (Å²) < 4.78 is 5.76. The van der Waals surface area contributed by atoms with E-state index in [9.17, 15) is 4.79 Å². The number of hydrazine groups is 1. The maximum Gasteiger partial charge on any atom is 0.279 e. The molecule has 2 aromatic carbocycles. The van der Waals surface area contributed by atoms with Crippen LogP contribution in [0.2, 0.25) is 0 Å². The second-order valence-electron chi connectivity index (χ2n) is 6.80. The number of carbonyl (C=O) groups excluding carboxylic acids is 1. The molecule has 3 N–H and O–H groups in total. The summed E-state index contributed by atoms with van der Waals surface area (Å²) in [6.45, 7) is 9.96. The summed E-state index contributed by atoms with van der Waals surface area (Å²) in [6.07, 6.45) is -0.661. The molecule has 0 saturated carbocycles. The van der Waals surface area contributed by atoms with Crippen molar-refractivity contribution in [2.24, 2.45) is 0 Å². The first kappa shape index (κ1) is 20.7. The topological polar surface area (TPSA) is 62.4 Å². The van der Waals surface area contributed by atoms with Crippen molar-refractivity contribution < 1.29 is 9.53 Å². The molecule has 0 aliphatic rings. The summed E-state index contributed by atoms with van der Waals surface area (Å²) in [7, 11) is 0. The van der Waals surface area contributed by atoms with E-state index >= 15 is 0 Å². The molecule has 2 rings (SSSR count). The Morgan fingerprint density at radius 1 is 1.00 bits per heavy atom. The van der Waals surface area contributed by atoms with Gasteiger partial charge in [-0.05, 0) is 73.8 Å². The molecule has 0 radical (unpaired) electrons. The van der Waals surface area contributed by atoms with Gasteiger partial charge in [-0.25, -0.2) is 0 Å². The van der Waals surface area contributed by atoms with Gasteiger partial charge in [-0.2, -0.15) is 0 Å². The molecule has 1 amide bonds. The molecule has 0 aromatic heterocycles. The van der Waals surface area contributed by atoms with Gasteiger partial charge in [0.1, 0.15) is 5.75 Å². The molecule has 1 atom stereocenters. The minimum Gasteiger partial charge on any atom is -0.481 e. The molecular formula is C21H27N3O2S. The maximum absolute atomic E-state index is 12.2. The fourth-order valence-electron chi connectivity index (χ4n) is 2.43. The van der Waals surface area contributed by atoms with Crippen LogP contribution in [0.25, 0.3) is 0 Å². The number of aryl methyl sites for hydroxylation is 1. The van der Waals surface area contributed by atoms with Crippen LogP contribution in [0, 0.1) is 13.8 Å². The highest BCUT2D eigenvalue weighted by Gasteiger charge is 2.16. The summed E-state index contributed by atoms with van der Waals surface area (Å²) in [5.74, 6) is 0.862. The number of hydrogen-bond donors (Lipinski definition) is 3. The molecule has 0 bridgehead atoms. The molecule has 6 heteroatoms. The number of nitrogens with one attached hydrogen (secondary N) is 3. The molecule has 0 aliphatic heterocycles. The lowest BCUT2D eigenvalue weighted by Crippen LogP contribution is -2.48. The van der Waals surface area contributed by atoms with E-state index in [2.05, 4.69) is 30.0 Å². The van der Waals surface area contributed by atoms with E-state index in [0.29, 0.717) is 16.8 Å². The summed E-state index contributed by atoms with van der Waals surface area (Å²) in [5.41, 5.74) is 9.52. The first-order valence-corrected chi connectivity index (χ1v) is 9.38. The average molecular weight is 386 g/mol. The van der Waals surface area contributed by atoms with E-state index in [1.54, 1.807) is 6.92 Å². The zero-order valence-corrected chi connectivity index (χ0v) is 17.2. The fraction of sp³-hybridized carbons (Fsp3) is 0.333. The van der Waals surface area contributed by atoms with Gasteiger partial charge >= 0.3 is 0 Å². The number of anilines is 1. The number of benzene rings is 2. The van der Waals surface area contributed by atoms with Gasteiger partial charge in [0.15, 0.2) is 11.2 Å². The van der Waals surface area contributed by atoms with Crippen LogP contribution in [0.1, 0.15) is 43.4 Å². The number of thiocarbonyl (C=S) groups is 1. The Labute approximate surface area is 166 Å². The second-order valence-corrected chi connectivity index (χ2v) is 7.21. The maximum atomic E-state index is 12.2. The van der Waals surface area contributed by atoms with Gasteiger partial charge in [-0.1, -0.05) is 38.1 Å². The first-order chi connectivity index (χ1) is 12.8. The standard InChI is InChI=1S/C21H27N3O2S/c1-13(2)17-9-11-18(12-10-17)22-21(27)24-23-20(25)16(5)26-19-8-6-7-14(3)15(19)4/h6-13,16H,1-5H3,(H,23,25)(H2,22,24,27)/t16-/m0/s1. The van der Waals surface area contributed by atoms with Crippen LogP contribution in [-0.4, -0.2) is 17.1 Å². The fourth-order valence-corrected chi connectivity index (χ4v) is 2.60. The van der Waals surface area contributed by atoms with Gasteiger partial charge in [-0.3, -0.25) is 15.6 Å². The van der Waals surface area contributed by atoms with Crippen molar-refractivity contribution in [1.82, 2.24) is 10.9 Å².